The van der Waals surface area contributed by atoms with Gasteiger partial charge in [-0.1, -0.05) is 19.4 Å². The summed E-state index contributed by atoms with van der Waals surface area (Å²) < 4.78 is 5.88. The zero-order chi connectivity index (χ0) is 13.8. The lowest BCUT2D eigenvalue weighted by Gasteiger charge is -2.23. The zero-order valence-electron chi connectivity index (χ0n) is 12.2. The predicted molar refractivity (Wildman–Crippen MR) is 84.0 cm³/mol. The molecule has 0 aliphatic heterocycles. The van der Waals surface area contributed by atoms with Gasteiger partial charge in [-0.2, -0.15) is 0 Å². The molecule has 0 fully saturated rings. The van der Waals surface area contributed by atoms with Crippen molar-refractivity contribution in [1.82, 2.24) is 4.90 Å². The largest absolute Gasteiger partial charge is 0.431 e. The number of nitrogens with zero attached hydrogens (tertiary/aromatic N) is 1. The molecule has 2 rings (SSSR count). The van der Waals surface area contributed by atoms with Gasteiger partial charge in [0.05, 0.1) is 0 Å². The smallest absolute Gasteiger partial charge is 0.264 e. The first-order valence-corrected chi connectivity index (χ1v) is 7.57. The highest BCUT2D eigenvalue weighted by atomic mass is 32.1. The minimum Gasteiger partial charge on any atom is -0.431 e. The van der Waals surface area contributed by atoms with Gasteiger partial charge in [0.2, 0.25) is 0 Å². The third kappa shape index (κ3) is 3.27. The van der Waals surface area contributed by atoms with Gasteiger partial charge in [0.15, 0.2) is 0 Å². The Bertz CT molecular complexity index is 468. The van der Waals surface area contributed by atoms with Crippen LogP contribution in [0.5, 0.6) is 5.75 Å². The maximum Gasteiger partial charge on any atom is 0.264 e. The Morgan fingerprint density at radius 2 is 2.00 bits per heavy atom. The third-order valence-electron chi connectivity index (χ3n) is 3.67. The quantitative estimate of drug-likeness (QED) is 0.781. The summed E-state index contributed by atoms with van der Waals surface area (Å²) in [6, 6.07) is 4.33. The monoisotopic (exact) mass is 277 g/mol. The van der Waals surface area contributed by atoms with Gasteiger partial charge in [-0.15, -0.1) is 0 Å². The van der Waals surface area contributed by atoms with Gasteiger partial charge < -0.3 is 9.64 Å². The van der Waals surface area contributed by atoms with E-state index in [-0.39, 0.29) is 0 Å². The Morgan fingerprint density at radius 3 is 2.68 bits per heavy atom. The average molecular weight is 277 g/mol. The van der Waals surface area contributed by atoms with E-state index in [4.69, 9.17) is 17.0 Å². The van der Waals surface area contributed by atoms with E-state index in [9.17, 15) is 0 Å². The van der Waals surface area contributed by atoms with Crippen LogP contribution in [0, 0.1) is 0 Å². The predicted octanol–water partition coefficient (Wildman–Crippen LogP) is 3.74. The van der Waals surface area contributed by atoms with Gasteiger partial charge in [0.1, 0.15) is 5.75 Å². The lowest BCUT2D eigenvalue weighted by atomic mass is 9.86. The van der Waals surface area contributed by atoms with Crippen LogP contribution in [0.1, 0.15) is 42.9 Å². The molecule has 0 saturated heterocycles. The molecule has 0 heterocycles. The van der Waals surface area contributed by atoms with Crippen molar-refractivity contribution in [2.75, 3.05) is 14.1 Å². The maximum atomic E-state index is 5.88. The van der Waals surface area contributed by atoms with Crippen LogP contribution < -0.4 is 4.74 Å². The van der Waals surface area contributed by atoms with E-state index in [2.05, 4.69) is 19.1 Å². The van der Waals surface area contributed by atoms with Gasteiger partial charge in [-0.3, -0.25) is 0 Å². The Morgan fingerprint density at radius 1 is 1.26 bits per heavy atom. The summed E-state index contributed by atoms with van der Waals surface area (Å²) >= 11 is 5.26. The summed E-state index contributed by atoms with van der Waals surface area (Å²) in [4.78, 5) is 1.84. The lowest BCUT2D eigenvalue weighted by Crippen LogP contribution is -2.25. The number of hydrogen-bond donors (Lipinski definition) is 0. The molecule has 104 valence electrons. The van der Waals surface area contributed by atoms with Crippen LogP contribution in [0.25, 0.3) is 0 Å². The van der Waals surface area contributed by atoms with Gasteiger partial charge in [-0.05, 0) is 67.1 Å². The van der Waals surface area contributed by atoms with Crippen molar-refractivity contribution < 1.29 is 4.74 Å². The van der Waals surface area contributed by atoms with E-state index < -0.39 is 0 Å². The van der Waals surface area contributed by atoms with Crippen LogP contribution in [0.2, 0.25) is 0 Å². The number of rotatable bonds is 3. The highest BCUT2D eigenvalue weighted by molar-refractivity contribution is 7.80. The summed E-state index contributed by atoms with van der Waals surface area (Å²) in [7, 11) is 3.83. The second-order valence-corrected chi connectivity index (χ2v) is 5.75. The van der Waals surface area contributed by atoms with Gasteiger partial charge >= 0.3 is 0 Å². The fourth-order valence-electron chi connectivity index (χ4n) is 2.69. The Kier molecular flexibility index (Phi) is 4.81. The van der Waals surface area contributed by atoms with Gasteiger partial charge in [0.25, 0.3) is 5.17 Å². The Hall–Kier alpha value is -1.09. The standard InChI is InChI=1S/C16H23NOS/c1-4-7-14-13-9-6-5-8-12(13)10-11-15(14)18-16(19)17(2)3/h10-11H,4-9H2,1-3H3. The van der Waals surface area contributed by atoms with Crippen molar-refractivity contribution in [2.24, 2.45) is 0 Å². The summed E-state index contributed by atoms with van der Waals surface area (Å²) in [5, 5.41) is 0.535. The van der Waals surface area contributed by atoms with Crippen LogP contribution in [0.3, 0.4) is 0 Å². The van der Waals surface area contributed by atoms with E-state index in [1.54, 1.807) is 0 Å². The first-order chi connectivity index (χ1) is 9.13. The molecule has 1 aromatic rings. The van der Waals surface area contributed by atoms with E-state index >= 15 is 0 Å². The molecule has 1 aliphatic rings. The second-order valence-electron chi connectivity index (χ2n) is 5.40. The lowest BCUT2D eigenvalue weighted by molar-refractivity contribution is 0.444. The van der Waals surface area contributed by atoms with Crippen molar-refractivity contribution in [2.45, 2.75) is 45.4 Å². The van der Waals surface area contributed by atoms with Crippen molar-refractivity contribution >= 4 is 17.4 Å². The Labute approximate surface area is 121 Å². The van der Waals surface area contributed by atoms with Crippen LogP contribution in [0.15, 0.2) is 12.1 Å². The van der Waals surface area contributed by atoms with Crippen molar-refractivity contribution in [3.8, 4) is 5.75 Å². The fraction of sp³-hybridized carbons (Fsp3) is 0.562. The number of ether oxygens (including phenoxy) is 1. The molecular weight excluding hydrogens is 254 g/mol. The summed E-state index contributed by atoms with van der Waals surface area (Å²) in [6.07, 6.45) is 7.23. The van der Waals surface area contributed by atoms with E-state index in [0.29, 0.717) is 5.17 Å². The molecule has 0 unspecified atom stereocenters. The third-order valence-corrected chi connectivity index (χ3v) is 4.12. The molecule has 0 amide bonds. The van der Waals surface area contributed by atoms with Crippen LogP contribution in [0.4, 0.5) is 0 Å². The van der Waals surface area contributed by atoms with Gasteiger partial charge in [-0.25, -0.2) is 0 Å². The molecule has 1 aliphatic carbocycles. The fourth-order valence-corrected chi connectivity index (χ4v) is 2.78. The number of thiocarbonyl (C=S) groups is 1. The van der Waals surface area contributed by atoms with Crippen molar-refractivity contribution in [3.63, 3.8) is 0 Å². The first-order valence-electron chi connectivity index (χ1n) is 7.16. The molecule has 19 heavy (non-hydrogen) atoms. The number of aryl methyl sites for hydroxylation is 1. The van der Waals surface area contributed by atoms with Gasteiger partial charge in [0, 0.05) is 14.1 Å². The molecule has 2 nitrogen and oxygen atoms in total. The number of fused-ring (bicyclic) bond motifs is 1. The molecular formula is C16H23NOS. The highest BCUT2D eigenvalue weighted by Gasteiger charge is 2.17. The van der Waals surface area contributed by atoms with E-state index in [1.807, 2.05) is 19.0 Å². The van der Waals surface area contributed by atoms with Crippen molar-refractivity contribution in [3.05, 3.63) is 28.8 Å². The van der Waals surface area contributed by atoms with Crippen molar-refractivity contribution in [1.29, 1.82) is 0 Å². The molecule has 0 atom stereocenters. The normalized spacial score (nSPS) is 13.8. The van der Waals surface area contributed by atoms with E-state index in [1.165, 1.54) is 42.4 Å². The maximum absolute atomic E-state index is 5.88. The molecule has 0 spiro atoms. The molecule has 3 heteroatoms. The average Bonchev–Trinajstić information content (AvgIpc) is 2.41. The first kappa shape index (κ1) is 14.3. The minimum absolute atomic E-state index is 0.535. The SMILES string of the molecule is CCCc1c(OC(=S)N(C)C)ccc2c1CCCC2. The van der Waals surface area contributed by atoms with Crippen LogP contribution in [-0.4, -0.2) is 24.2 Å². The second kappa shape index (κ2) is 6.38. The van der Waals surface area contributed by atoms with Crippen LogP contribution in [-0.2, 0) is 19.3 Å². The Balaban J connectivity index is 2.34. The summed E-state index contributed by atoms with van der Waals surface area (Å²) in [6.45, 7) is 2.22. The summed E-state index contributed by atoms with van der Waals surface area (Å²) in [5.41, 5.74) is 4.41. The molecule has 0 bridgehead atoms. The highest BCUT2D eigenvalue weighted by Crippen LogP contribution is 2.32. The topological polar surface area (TPSA) is 12.5 Å². The summed E-state index contributed by atoms with van der Waals surface area (Å²) in [5.74, 6) is 0.959. The number of benzene rings is 1. The molecule has 0 N–H and O–H groups in total. The molecule has 1 aromatic carbocycles. The number of hydrogen-bond acceptors (Lipinski definition) is 2. The minimum atomic E-state index is 0.535. The molecule has 0 aromatic heterocycles. The van der Waals surface area contributed by atoms with Crippen LogP contribution >= 0.6 is 12.2 Å². The molecule has 0 radical (unpaired) electrons. The molecule has 0 saturated carbocycles. The van der Waals surface area contributed by atoms with E-state index in [0.717, 1.165) is 18.6 Å². The zero-order valence-corrected chi connectivity index (χ0v) is 13.0.